The van der Waals surface area contributed by atoms with Crippen LogP contribution in [-0.2, 0) is 4.79 Å². The fraction of sp³-hybridized carbons (Fsp3) is 0.0769. The summed E-state index contributed by atoms with van der Waals surface area (Å²) in [6.07, 6.45) is 5.61. The maximum atomic E-state index is 10.9. The first kappa shape index (κ1) is 12.8. The van der Waals surface area contributed by atoms with E-state index in [0.717, 1.165) is 10.4 Å². The number of nitrogens with one attached hydrogen (secondary N) is 1. The molecule has 1 aromatic carbocycles. The minimum absolute atomic E-state index is 0.116. The van der Waals surface area contributed by atoms with Gasteiger partial charge in [-0.25, -0.2) is 4.98 Å². The summed E-state index contributed by atoms with van der Waals surface area (Å²) < 4.78 is 0. The number of carbonyl (C=O) groups is 1. The highest BCUT2D eigenvalue weighted by Crippen LogP contribution is 2.21. The van der Waals surface area contributed by atoms with Gasteiger partial charge in [0.25, 0.3) is 0 Å². The summed E-state index contributed by atoms with van der Waals surface area (Å²) >= 11 is 7.32. The van der Waals surface area contributed by atoms with Crippen molar-refractivity contribution in [3.63, 3.8) is 0 Å². The Morgan fingerprint density at radius 2 is 2.28 bits per heavy atom. The van der Waals surface area contributed by atoms with E-state index in [4.69, 9.17) is 11.6 Å². The molecule has 92 valence electrons. The monoisotopic (exact) mass is 278 g/mol. The molecule has 0 bridgehead atoms. The molecule has 0 aliphatic carbocycles. The molecule has 1 N–H and O–H groups in total. The zero-order valence-corrected chi connectivity index (χ0v) is 11.3. The number of nitrogens with zero attached hydrogens (tertiary/aromatic N) is 1. The Labute approximate surface area is 114 Å². The van der Waals surface area contributed by atoms with Gasteiger partial charge in [-0.1, -0.05) is 41.1 Å². The summed E-state index contributed by atoms with van der Waals surface area (Å²) in [4.78, 5) is 15.9. The molecule has 0 fully saturated rings. The van der Waals surface area contributed by atoms with Gasteiger partial charge in [0.1, 0.15) is 0 Å². The molecule has 1 amide bonds. The van der Waals surface area contributed by atoms with Crippen LogP contribution in [0.25, 0.3) is 12.2 Å². The third kappa shape index (κ3) is 3.68. The van der Waals surface area contributed by atoms with Crippen LogP contribution in [0.1, 0.15) is 17.4 Å². The van der Waals surface area contributed by atoms with Gasteiger partial charge in [0.2, 0.25) is 5.91 Å². The van der Waals surface area contributed by atoms with Crippen LogP contribution >= 0.6 is 22.9 Å². The maximum Gasteiger partial charge on any atom is 0.223 e. The van der Waals surface area contributed by atoms with Crippen molar-refractivity contribution in [1.82, 2.24) is 4.98 Å². The van der Waals surface area contributed by atoms with Crippen molar-refractivity contribution in [3.05, 3.63) is 45.9 Å². The van der Waals surface area contributed by atoms with Crippen LogP contribution in [0.3, 0.4) is 0 Å². The molecular formula is C13H11ClN2OS. The van der Waals surface area contributed by atoms with Crippen LogP contribution in [-0.4, -0.2) is 10.9 Å². The lowest BCUT2D eigenvalue weighted by atomic mass is 10.2. The second-order valence-corrected chi connectivity index (χ2v) is 5.14. The van der Waals surface area contributed by atoms with Gasteiger partial charge in [-0.2, -0.15) is 0 Å². The molecule has 5 heteroatoms. The number of thiazole rings is 1. The van der Waals surface area contributed by atoms with E-state index in [1.165, 1.54) is 18.3 Å². The van der Waals surface area contributed by atoms with Gasteiger partial charge in [-0.15, -0.1) is 0 Å². The second-order valence-electron chi connectivity index (χ2n) is 3.64. The fourth-order valence-corrected chi connectivity index (χ4v) is 2.32. The Morgan fingerprint density at radius 3 is 3.00 bits per heavy atom. The van der Waals surface area contributed by atoms with Crippen LogP contribution in [0.15, 0.2) is 30.5 Å². The van der Waals surface area contributed by atoms with Crippen LogP contribution in [0.5, 0.6) is 0 Å². The van der Waals surface area contributed by atoms with E-state index in [2.05, 4.69) is 10.3 Å². The van der Waals surface area contributed by atoms with E-state index in [-0.39, 0.29) is 5.91 Å². The molecular weight excluding hydrogens is 268 g/mol. The zero-order valence-electron chi connectivity index (χ0n) is 9.68. The van der Waals surface area contributed by atoms with Crippen LogP contribution < -0.4 is 5.32 Å². The Kier molecular flexibility index (Phi) is 4.12. The molecule has 18 heavy (non-hydrogen) atoms. The normalized spacial score (nSPS) is 10.8. The number of carbonyl (C=O) groups excluding carboxylic acids is 1. The fourth-order valence-electron chi connectivity index (χ4n) is 1.36. The quantitative estimate of drug-likeness (QED) is 0.924. The van der Waals surface area contributed by atoms with E-state index in [1.807, 2.05) is 36.4 Å². The average Bonchev–Trinajstić information content (AvgIpc) is 2.73. The third-order valence-corrected chi connectivity index (χ3v) is 3.21. The summed E-state index contributed by atoms with van der Waals surface area (Å²) in [6.45, 7) is 1.46. The van der Waals surface area contributed by atoms with Gasteiger partial charge >= 0.3 is 0 Å². The summed E-state index contributed by atoms with van der Waals surface area (Å²) in [5.74, 6) is -0.116. The predicted molar refractivity (Wildman–Crippen MR) is 76.8 cm³/mol. The highest BCUT2D eigenvalue weighted by molar-refractivity contribution is 7.16. The number of aromatic nitrogens is 1. The number of anilines is 1. The molecule has 0 aliphatic heterocycles. The number of benzene rings is 1. The summed E-state index contributed by atoms with van der Waals surface area (Å²) in [5, 5.41) is 3.96. The smallest absolute Gasteiger partial charge is 0.223 e. The first-order valence-corrected chi connectivity index (χ1v) is 6.50. The number of hydrogen-bond acceptors (Lipinski definition) is 3. The van der Waals surface area contributed by atoms with Gasteiger partial charge in [0.05, 0.1) is 0 Å². The van der Waals surface area contributed by atoms with Crippen molar-refractivity contribution < 1.29 is 4.79 Å². The van der Waals surface area contributed by atoms with E-state index in [0.29, 0.717) is 10.2 Å². The molecule has 1 aromatic heterocycles. The van der Waals surface area contributed by atoms with Gasteiger partial charge in [0, 0.05) is 23.0 Å². The summed E-state index contributed by atoms with van der Waals surface area (Å²) in [5.41, 5.74) is 1.02. The van der Waals surface area contributed by atoms with Gasteiger partial charge in [-0.3, -0.25) is 4.79 Å². The average molecular weight is 279 g/mol. The molecule has 0 aliphatic rings. The zero-order chi connectivity index (χ0) is 13.0. The summed E-state index contributed by atoms with van der Waals surface area (Å²) in [7, 11) is 0. The topological polar surface area (TPSA) is 42.0 Å². The molecule has 0 atom stereocenters. The molecule has 0 saturated carbocycles. The van der Waals surface area contributed by atoms with Crippen molar-refractivity contribution in [3.8, 4) is 0 Å². The van der Waals surface area contributed by atoms with Crippen molar-refractivity contribution in [2.24, 2.45) is 0 Å². The Morgan fingerprint density at radius 1 is 1.44 bits per heavy atom. The van der Waals surface area contributed by atoms with Crippen LogP contribution in [0, 0.1) is 0 Å². The molecule has 1 heterocycles. The van der Waals surface area contributed by atoms with Crippen molar-refractivity contribution >= 4 is 46.1 Å². The molecule has 0 unspecified atom stereocenters. The molecule has 2 rings (SSSR count). The Bertz CT molecular complexity index is 592. The van der Waals surface area contributed by atoms with Crippen LogP contribution in [0.4, 0.5) is 5.13 Å². The first-order chi connectivity index (χ1) is 8.63. The number of hydrogen-bond donors (Lipinski definition) is 1. The van der Waals surface area contributed by atoms with Gasteiger partial charge in [0.15, 0.2) is 5.13 Å². The lowest BCUT2D eigenvalue weighted by Crippen LogP contribution is -2.04. The number of rotatable bonds is 3. The van der Waals surface area contributed by atoms with E-state index in [1.54, 1.807) is 6.20 Å². The molecule has 0 spiro atoms. The lowest BCUT2D eigenvalue weighted by Gasteiger charge is -1.93. The maximum absolute atomic E-state index is 10.9. The Balaban J connectivity index is 2.09. The van der Waals surface area contributed by atoms with Crippen LogP contribution in [0.2, 0.25) is 5.02 Å². The standard InChI is InChI=1S/C13H11ClN2OS/c1-9(17)16-13-15-8-12(18-13)6-5-10-3-2-4-11(14)7-10/h2-8H,1H3,(H,15,16,17)/b6-5+. The number of amides is 1. The molecule has 0 radical (unpaired) electrons. The van der Waals surface area contributed by atoms with Gasteiger partial charge in [-0.05, 0) is 23.8 Å². The van der Waals surface area contributed by atoms with E-state index < -0.39 is 0 Å². The highest BCUT2D eigenvalue weighted by atomic mass is 35.5. The largest absolute Gasteiger partial charge is 0.302 e. The summed E-state index contributed by atoms with van der Waals surface area (Å²) in [6, 6.07) is 7.59. The SMILES string of the molecule is CC(=O)Nc1ncc(/C=C/c2cccc(Cl)c2)s1. The molecule has 3 nitrogen and oxygen atoms in total. The molecule has 0 saturated heterocycles. The van der Waals surface area contributed by atoms with E-state index >= 15 is 0 Å². The van der Waals surface area contributed by atoms with Crippen molar-refractivity contribution in [2.75, 3.05) is 5.32 Å². The Hall–Kier alpha value is -1.65. The van der Waals surface area contributed by atoms with Crippen molar-refractivity contribution in [1.29, 1.82) is 0 Å². The van der Waals surface area contributed by atoms with E-state index in [9.17, 15) is 4.79 Å². The third-order valence-electron chi connectivity index (χ3n) is 2.10. The first-order valence-electron chi connectivity index (χ1n) is 5.30. The minimum atomic E-state index is -0.116. The predicted octanol–water partition coefficient (Wildman–Crippen LogP) is 3.93. The highest BCUT2D eigenvalue weighted by Gasteiger charge is 2.00. The number of halogens is 1. The lowest BCUT2D eigenvalue weighted by molar-refractivity contribution is -0.114. The second kappa shape index (κ2) is 5.80. The minimum Gasteiger partial charge on any atom is -0.302 e. The van der Waals surface area contributed by atoms with Crippen molar-refractivity contribution in [2.45, 2.75) is 6.92 Å². The van der Waals surface area contributed by atoms with Gasteiger partial charge < -0.3 is 5.32 Å². The molecule has 2 aromatic rings.